The molecule has 86 valence electrons. The van der Waals surface area contributed by atoms with Crippen molar-refractivity contribution in [3.05, 3.63) is 23.8 Å². The molecule has 0 radical (unpaired) electrons. The van der Waals surface area contributed by atoms with Crippen molar-refractivity contribution in [2.45, 2.75) is 0 Å². The van der Waals surface area contributed by atoms with E-state index >= 15 is 0 Å². The summed E-state index contributed by atoms with van der Waals surface area (Å²) in [7, 11) is 1.42. The van der Waals surface area contributed by atoms with E-state index in [0.29, 0.717) is 22.6 Å². The topological polar surface area (TPSA) is 105 Å². The molecular formula is C11H9N3O3. The molecule has 0 fully saturated rings. The Morgan fingerprint density at radius 2 is 2.24 bits per heavy atom. The molecule has 0 saturated heterocycles. The average Bonchev–Trinajstić information content (AvgIpc) is 2.75. The summed E-state index contributed by atoms with van der Waals surface area (Å²) in [5.41, 5.74) is 6.41. The summed E-state index contributed by atoms with van der Waals surface area (Å²) in [6.07, 6.45) is 0. The van der Waals surface area contributed by atoms with Crippen molar-refractivity contribution < 1.29 is 14.4 Å². The monoisotopic (exact) mass is 231 g/mol. The van der Waals surface area contributed by atoms with Crippen molar-refractivity contribution >= 4 is 5.88 Å². The van der Waals surface area contributed by atoms with E-state index in [1.807, 2.05) is 6.07 Å². The van der Waals surface area contributed by atoms with Crippen LogP contribution in [-0.2, 0) is 0 Å². The van der Waals surface area contributed by atoms with E-state index in [4.69, 9.17) is 20.3 Å². The van der Waals surface area contributed by atoms with Crippen LogP contribution in [0, 0.1) is 11.3 Å². The first-order valence-electron chi connectivity index (χ1n) is 4.69. The van der Waals surface area contributed by atoms with Gasteiger partial charge in [0, 0.05) is 17.7 Å². The predicted octanol–water partition coefficient (Wildman–Crippen LogP) is 1.51. The third-order valence-corrected chi connectivity index (χ3v) is 2.24. The van der Waals surface area contributed by atoms with Crippen LogP contribution < -0.4 is 10.5 Å². The number of methoxy groups -OCH3 is 1. The van der Waals surface area contributed by atoms with Crippen molar-refractivity contribution in [3.8, 4) is 28.8 Å². The summed E-state index contributed by atoms with van der Waals surface area (Å²) in [5, 5.41) is 22.4. The van der Waals surface area contributed by atoms with Crippen LogP contribution in [0.1, 0.15) is 5.56 Å². The zero-order chi connectivity index (χ0) is 12.4. The number of phenolic OH excluding ortho intramolecular Hbond substituents is 1. The van der Waals surface area contributed by atoms with Gasteiger partial charge in [-0.15, -0.1) is 0 Å². The number of rotatable bonds is 2. The van der Waals surface area contributed by atoms with E-state index in [-0.39, 0.29) is 11.6 Å². The molecule has 1 heterocycles. The second-order valence-electron chi connectivity index (χ2n) is 3.30. The van der Waals surface area contributed by atoms with Crippen LogP contribution in [0.4, 0.5) is 5.88 Å². The zero-order valence-corrected chi connectivity index (χ0v) is 8.97. The zero-order valence-electron chi connectivity index (χ0n) is 8.97. The first-order valence-corrected chi connectivity index (χ1v) is 4.69. The number of hydrogen-bond donors (Lipinski definition) is 2. The molecule has 3 N–H and O–H groups in total. The Balaban J connectivity index is 2.60. The smallest absolute Gasteiger partial charge is 0.222 e. The standard InChI is InChI=1S/C11H9N3O3/c1-16-10-4-9(15)7(2-6(10)5-12)8-3-11(13)17-14-8/h2-4,15H,13H2,1H3. The molecule has 0 saturated carbocycles. The molecule has 2 rings (SSSR count). The molecular weight excluding hydrogens is 222 g/mol. The highest BCUT2D eigenvalue weighted by Crippen LogP contribution is 2.34. The Hall–Kier alpha value is -2.68. The van der Waals surface area contributed by atoms with E-state index in [0.717, 1.165) is 0 Å². The minimum Gasteiger partial charge on any atom is -0.507 e. The van der Waals surface area contributed by atoms with Crippen LogP contribution >= 0.6 is 0 Å². The molecule has 6 heteroatoms. The summed E-state index contributed by atoms with van der Waals surface area (Å²) in [4.78, 5) is 0. The van der Waals surface area contributed by atoms with Gasteiger partial charge in [-0.3, -0.25) is 0 Å². The molecule has 0 bridgehead atoms. The van der Waals surface area contributed by atoms with Crippen LogP contribution in [-0.4, -0.2) is 17.4 Å². The Morgan fingerprint density at radius 1 is 1.47 bits per heavy atom. The molecule has 1 aromatic carbocycles. The number of nitrogens with two attached hydrogens (primary N) is 1. The van der Waals surface area contributed by atoms with Gasteiger partial charge in [-0.25, -0.2) is 0 Å². The second kappa shape index (κ2) is 4.06. The van der Waals surface area contributed by atoms with Gasteiger partial charge < -0.3 is 20.1 Å². The van der Waals surface area contributed by atoms with Gasteiger partial charge in [0.25, 0.3) is 0 Å². The van der Waals surface area contributed by atoms with Crippen molar-refractivity contribution in [1.29, 1.82) is 5.26 Å². The fraction of sp³-hybridized carbons (Fsp3) is 0.0909. The van der Waals surface area contributed by atoms with Gasteiger partial charge in [0.15, 0.2) is 0 Å². The maximum atomic E-state index is 9.79. The van der Waals surface area contributed by atoms with Crippen LogP contribution in [0.3, 0.4) is 0 Å². The van der Waals surface area contributed by atoms with Gasteiger partial charge in [-0.05, 0) is 6.07 Å². The van der Waals surface area contributed by atoms with E-state index < -0.39 is 0 Å². The minimum absolute atomic E-state index is 0.0610. The quantitative estimate of drug-likeness (QED) is 0.811. The number of nitrogen functional groups attached to an aromatic ring is 1. The number of nitriles is 1. The van der Waals surface area contributed by atoms with Crippen molar-refractivity contribution in [2.24, 2.45) is 0 Å². The van der Waals surface area contributed by atoms with Crippen LogP contribution in [0.2, 0.25) is 0 Å². The number of hydrogen-bond acceptors (Lipinski definition) is 6. The van der Waals surface area contributed by atoms with Gasteiger partial charge >= 0.3 is 0 Å². The first kappa shape index (κ1) is 10.8. The maximum absolute atomic E-state index is 9.79. The summed E-state index contributed by atoms with van der Waals surface area (Å²) in [6, 6.07) is 6.24. The first-order chi connectivity index (χ1) is 8.15. The summed E-state index contributed by atoms with van der Waals surface area (Å²) in [6.45, 7) is 0. The average molecular weight is 231 g/mol. The van der Waals surface area contributed by atoms with E-state index in [2.05, 4.69) is 5.16 Å². The summed E-state index contributed by atoms with van der Waals surface area (Å²) in [5.74, 6) is 0.369. The molecule has 0 amide bonds. The van der Waals surface area contributed by atoms with E-state index in [9.17, 15) is 5.11 Å². The number of nitrogens with zero attached hydrogens (tertiary/aromatic N) is 2. The summed E-state index contributed by atoms with van der Waals surface area (Å²) < 4.78 is 9.67. The predicted molar refractivity (Wildman–Crippen MR) is 59.3 cm³/mol. The highest BCUT2D eigenvalue weighted by molar-refractivity contribution is 5.72. The van der Waals surface area contributed by atoms with Gasteiger partial charge in [0.05, 0.1) is 12.7 Å². The molecule has 17 heavy (non-hydrogen) atoms. The van der Waals surface area contributed by atoms with Crippen molar-refractivity contribution in [3.63, 3.8) is 0 Å². The molecule has 0 unspecified atom stereocenters. The molecule has 0 atom stereocenters. The Morgan fingerprint density at radius 3 is 2.76 bits per heavy atom. The Kier molecular flexibility index (Phi) is 2.58. The second-order valence-corrected chi connectivity index (χ2v) is 3.30. The van der Waals surface area contributed by atoms with Crippen molar-refractivity contribution in [2.75, 3.05) is 12.8 Å². The lowest BCUT2D eigenvalue weighted by molar-refractivity contribution is 0.406. The Bertz CT molecular complexity index is 598. The highest BCUT2D eigenvalue weighted by Gasteiger charge is 2.14. The SMILES string of the molecule is COc1cc(O)c(-c2cc(N)on2)cc1C#N. The molecule has 6 nitrogen and oxygen atoms in total. The number of aromatic nitrogens is 1. The molecule has 0 spiro atoms. The fourth-order valence-corrected chi connectivity index (χ4v) is 1.45. The number of anilines is 1. The maximum Gasteiger partial charge on any atom is 0.222 e. The molecule has 1 aromatic heterocycles. The summed E-state index contributed by atoms with van der Waals surface area (Å²) >= 11 is 0. The van der Waals surface area contributed by atoms with Crippen LogP contribution in [0.25, 0.3) is 11.3 Å². The third-order valence-electron chi connectivity index (χ3n) is 2.24. The Labute approximate surface area is 96.8 Å². The highest BCUT2D eigenvalue weighted by atomic mass is 16.5. The number of phenols is 1. The van der Waals surface area contributed by atoms with Crippen molar-refractivity contribution in [1.82, 2.24) is 5.16 Å². The van der Waals surface area contributed by atoms with E-state index in [1.54, 1.807) is 0 Å². The molecule has 0 aliphatic heterocycles. The number of benzene rings is 1. The normalized spacial score (nSPS) is 9.88. The number of aromatic hydroxyl groups is 1. The van der Waals surface area contributed by atoms with Gasteiger partial charge in [-0.1, -0.05) is 5.16 Å². The number of ether oxygens (including phenoxy) is 1. The fourth-order valence-electron chi connectivity index (χ4n) is 1.45. The lowest BCUT2D eigenvalue weighted by Gasteiger charge is -2.06. The van der Waals surface area contributed by atoms with Gasteiger partial charge in [0.1, 0.15) is 23.3 Å². The largest absolute Gasteiger partial charge is 0.507 e. The van der Waals surface area contributed by atoms with Gasteiger partial charge in [-0.2, -0.15) is 5.26 Å². The molecule has 0 aliphatic rings. The lowest BCUT2D eigenvalue weighted by atomic mass is 10.1. The molecule has 2 aromatic rings. The van der Waals surface area contributed by atoms with Crippen LogP contribution in [0.15, 0.2) is 22.7 Å². The van der Waals surface area contributed by atoms with E-state index in [1.165, 1.54) is 25.3 Å². The molecule has 0 aliphatic carbocycles. The van der Waals surface area contributed by atoms with Gasteiger partial charge in [0.2, 0.25) is 5.88 Å². The third kappa shape index (κ3) is 1.86. The minimum atomic E-state index is -0.0610. The van der Waals surface area contributed by atoms with Crippen LogP contribution in [0.5, 0.6) is 11.5 Å². The lowest BCUT2D eigenvalue weighted by Crippen LogP contribution is -1.90.